The Balaban J connectivity index is 2.33. The first-order valence-corrected chi connectivity index (χ1v) is 6.31. The van der Waals surface area contributed by atoms with E-state index in [1.807, 2.05) is 12.1 Å². The molecule has 1 saturated heterocycles. The second-order valence-electron chi connectivity index (χ2n) is 3.90. The lowest BCUT2D eigenvalue weighted by Gasteiger charge is -2.25. The Hall–Kier alpha value is -0.450. The summed E-state index contributed by atoms with van der Waals surface area (Å²) in [7, 11) is 0. The molecular weight excluding hydrogens is 273 g/mol. The summed E-state index contributed by atoms with van der Waals surface area (Å²) < 4.78 is 20.0. The van der Waals surface area contributed by atoms with Crippen molar-refractivity contribution in [2.45, 2.75) is 19.4 Å². The van der Waals surface area contributed by atoms with Crippen molar-refractivity contribution in [1.29, 1.82) is 0 Å². The third-order valence-corrected chi connectivity index (χ3v) is 3.38. The van der Waals surface area contributed by atoms with Crippen molar-refractivity contribution in [2.24, 2.45) is 0 Å². The molecular formula is C12H15BrFNO. The van der Waals surface area contributed by atoms with Gasteiger partial charge in [-0.3, -0.25) is 0 Å². The van der Waals surface area contributed by atoms with Gasteiger partial charge in [0, 0.05) is 18.7 Å². The fourth-order valence-electron chi connectivity index (χ4n) is 1.87. The third kappa shape index (κ3) is 2.44. The predicted molar refractivity (Wildman–Crippen MR) is 65.0 cm³/mol. The van der Waals surface area contributed by atoms with E-state index in [-0.39, 0.29) is 11.9 Å². The van der Waals surface area contributed by atoms with Crippen LogP contribution >= 0.6 is 15.9 Å². The smallest absolute Gasteiger partial charge is 0.143 e. The highest BCUT2D eigenvalue weighted by molar-refractivity contribution is 9.10. The summed E-state index contributed by atoms with van der Waals surface area (Å²) in [6.45, 7) is 4.21. The van der Waals surface area contributed by atoms with Gasteiger partial charge in [0.1, 0.15) is 5.82 Å². The number of rotatable bonds is 2. The van der Waals surface area contributed by atoms with Gasteiger partial charge in [-0.15, -0.1) is 0 Å². The lowest BCUT2D eigenvalue weighted by atomic mass is 10.0. The van der Waals surface area contributed by atoms with Crippen LogP contribution in [0.1, 0.15) is 24.2 Å². The van der Waals surface area contributed by atoms with Crippen LogP contribution < -0.4 is 5.32 Å². The first-order valence-electron chi connectivity index (χ1n) is 5.52. The summed E-state index contributed by atoms with van der Waals surface area (Å²) in [6.07, 6.45) is 0.725. The third-order valence-electron chi connectivity index (χ3n) is 2.80. The fourth-order valence-corrected chi connectivity index (χ4v) is 2.40. The molecule has 0 bridgehead atoms. The van der Waals surface area contributed by atoms with Crippen LogP contribution in [-0.2, 0) is 11.2 Å². The van der Waals surface area contributed by atoms with E-state index in [4.69, 9.17) is 4.74 Å². The monoisotopic (exact) mass is 287 g/mol. The number of halogens is 2. The molecule has 1 N–H and O–H groups in total. The molecule has 1 aromatic rings. The summed E-state index contributed by atoms with van der Waals surface area (Å²) in [5, 5.41) is 3.21. The van der Waals surface area contributed by atoms with Crippen molar-refractivity contribution in [3.8, 4) is 0 Å². The number of nitrogens with one attached hydrogen (secondary N) is 1. The summed E-state index contributed by atoms with van der Waals surface area (Å²) in [5.41, 5.74) is 1.77. The zero-order valence-corrected chi connectivity index (χ0v) is 10.8. The summed E-state index contributed by atoms with van der Waals surface area (Å²) in [6, 6.07) is 3.73. The average Bonchev–Trinajstić information content (AvgIpc) is 2.33. The van der Waals surface area contributed by atoms with E-state index >= 15 is 0 Å². The number of hydrogen-bond acceptors (Lipinski definition) is 2. The fraction of sp³-hybridized carbons (Fsp3) is 0.500. The van der Waals surface area contributed by atoms with E-state index < -0.39 is 0 Å². The van der Waals surface area contributed by atoms with E-state index in [1.54, 1.807) is 0 Å². The molecule has 1 atom stereocenters. The van der Waals surface area contributed by atoms with Gasteiger partial charge >= 0.3 is 0 Å². The molecule has 0 saturated carbocycles. The van der Waals surface area contributed by atoms with Gasteiger partial charge in [0.05, 0.1) is 17.2 Å². The van der Waals surface area contributed by atoms with Crippen LogP contribution in [0.5, 0.6) is 0 Å². The van der Waals surface area contributed by atoms with E-state index in [0.717, 1.165) is 18.5 Å². The molecule has 1 unspecified atom stereocenters. The minimum Gasteiger partial charge on any atom is -0.371 e. The van der Waals surface area contributed by atoms with Crippen molar-refractivity contribution in [1.82, 2.24) is 5.32 Å². The molecule has 0 aromatic heterocycles. The van der Waals surface area contributed by atoms with Crippen LogP contribution in [0.3, 0.4) is 0 Å². The quantitative estimate of drug-likeness (QED) is 0.903. The SMILES string of the molecule is CCc1cc(Br)c(F)c(C2CNCCO2)c1. The molecule has 1 aromatic carbocycles. The van der Waals surface area contributed by atoms with Gasteiger partial charge in [-0.25, -0.2) is 4.39 Å². The van der Waals surface area contributed by atoms with Crippen LogP contribution in [0, 0.1) is 5.82 Å². The molecule has 16 heavy (non-hydrogen) atoms. The largest absolute Gasteiger partial charge is 0.371 e. The Morgan fingerprint density at radius 1 is 1.56 bits per heavy atom. The molecule has 0 spiro atoms. The summed E-state index contributed by atoms with van der Waals surface area (Å²) in [4.78, 5) is 0. The topological polar surface area (TPSA) is 21.3 Å². The molecule has 0 amide bonds. The maximum absolute atomic E-state index is 13.9. The van der Waals surface area contributed by atoms with Crippen LogP contribution in [-0.4, -0.2) is 19.7 Å². The van der Waals surface area contributed by atoms with E-state index in [2.05, 4.69) is 28.2 Å². The molecule has 0 aliphatic carbocycles. The predicted octanol–water partition coefficient (Wildman–Crippen LogP) is 2.81. The van der Waals surface area contributed by atoms with Crippen molar-refractivity contribution >= 4 is 15.9 Å². The molecule has 1 aliphatic heterocycles. The van der Waals surface area contributed by atoms with Crippen molar-refractivity contribution < 1.29 is 9.13 Å². The average molecular weight is 288 g/mol. The molecule has 1 heterocycles. The number of aryl methyl sites for hydroxylation is 1. The van der Waals surface area contributed by atoms with Crippen molar-refractivity contribution in [3.05, 3.63) is 33.5 Å². The lowest BCUT2D eigenvalue weighted by molar-refractivity contribution is 0.0254. The van der Waals surface area contributed by atoms with Gasteiger partial charge in [-0.1, -0.05) is 13.0 Å². The highest BCUT2D eigenvalue weighted by Crippen LogP contribution is 2.28. The molecule has 2 nitrogen and oxygen atoms in total. The highest BCUT2D eigenvalue weighted by Gasteiger charge is 2.21. The summed E-state index contributed by atoms with van der Waals surface area (Å²) >= 11 is 3.25. The molecule has 2 rings (SSSR count). The Kier molecular flexibility index (Phi) is 3.95. The van der Waals surface area contributed by atoms with Gasteiger partial charge in [0.2, 0.25) is 0 Å². The Labute approximate surface area is 103 Å². The van der Waals surface area contributed by atoms with Crippen molar-refractivity contribution in [2.75, 3.05) is 19.7 Å². The minimum absolute atomic E-state index is 0.170. The number of benzene rings is 1. The normalized spacial score (nSPS) is 21.1. The Morgan fingerprint density at radius 3 is 3.00 bits per heavy atom. The Morgan fingerprint density at radius 2 is 2.38 bits per heavy atom. The van der Waals surface area contributed by atoms with E-state index in [1.165, 1.54) is 0 Å². The zero-order chi connectivity index (χ0) is 11.5. The van der Waals surface area contributed by atoms with E-state index in [9.17, 15) is 4.39 Å². The summed E-state index contributed by atoms with van der Waals surface area (Å²) in [5.74, 6) is -0.203. The van der Waals surface area contributed by atoms with Gasteiger partial charge in [0.25, 0.3) is 0 Å². The zero-order valence-electron chi connectivity index (χ0n) is 9.22. The van der Waals surface area contributed by atoms with Crippen LogP contribution in [0.4, 0.5) is 4.39 Å². The van der Waals surface area contributed by atoms with Crippen LogP contribution in [0.2, 0.25) is 0 Å². The van der Waals surface area contributed by atoms with Gasteiger partial charge < -0.3 is 10.1 Å². The molecule has 1 fully saturated rings. The van der Waals surface area contributed by atoms with Gasteiger partial charge in [-0.2, -0.15) is 0 Å². The van der Waals surface area contributed by atoms with Crippen LogP contribution in [0.25, 0.3) is 0 Å². The second-order valence-corrected chi connectivity index (χ2v) is 4.75. The highest BCUT2D eigenvalue weighted by atomic mass is 79.9. The first kappa shape index (κ1) is 12.0. The molecule has 1 aliphatic rings. The molecule has 0 radical (unpaired) electrons. The second kappa shape index (κ2) is 5.25. The maximum Gasteiger partial charge on any atom is 0.143 e. The minimum atomic E-state index is -0.203. The van der Waals surface area contributed by atoms with Gasteiger partial charge in [0.15, 0.2) is 0 Å². The maximum atomic E-state index is 13.9. The number of ether oxygens (including phenoxy) is 1. The number of hydrogen-bond donors (Lipinski definition) is 1. The molecule has 88 valence electrons. The van der Waals surface area contributed by atoms with E-state index in [0.29, 0.717) is 23.2 Å². The Bertz CT molecular complexity index is 378. The van der Waals surface area contributed by atoms with Crippen molar-refractivity contribution in [3.63, 3.8) is 0 Å². The lowest BCUT2D eigenvalue weighted by Crippen LogP contribution is -2.33. The van der Waals surface area contributed by atoms with Crippen LogP contribution in [0.15, 0.2) is 16.6 Å². The number of morpholine rings is 1. The van der Waals surface area contributed by atoms with Gasteiger partial charge in [-0.05, 0) is 34.0 Å². The molecule has 4 heteroatoms. The standard InChI is InChI=1S/C12H15BrFNO/c1-2-8-5-9(12(14)10(13)6-8)11-7-15-3-4-16-11/h5-6,11,15H,2-4,7H2,1H3. The first-order chi connectivity index (χ1) is 7.72.